The molecule has 0 saturated carbocycles. The van der Waals surface area contributed by atoms with Crippen molar-refractivity contribution in [1.29, 1.82) is 5.26 Å². The Morgan fingerprint density at radius 2 is 1.92 bits per heavy atom. The number of nitriles is 1. The standard InChI is InChI=1S/C17H22N4O3S/c1-23-14-8-12(10-18)13(9-15(14)24-2)20-17(25-3)21-6-4-11(5-7-21)16(19)22/h8-9,11H,4-7H2,1-3H3,(H2,19,22). The van der Waals surface area contributed by atoms with Crippen molar-refractivity contribution in [2.45, 2.75) is 12.8 Å². The first-order valence-corrected chi connectivity index (χ1v) is 9.09. The Morgan fingerprint density at radius 1 is 1.32 bits per heavy atom. The number of ether oxygens (including phenoxy) is 2. The number of amides is 1. The van der Waals surface area contributed by atoms with Gasteiger partial charge in [-0.05, 0) is 19.1 Å². The molecule has 0 aromatic heterocycles. The van der Waals surface area contributed by atoms with Gasteiger partial charge in [-0.2, -0.15) is 5.26 Å². The number of thioether (sulfide) groups is 1. The van der Waals surface area contributed by atoms with Crippen LogP contribution in [0.25, 0.3) is 0 Å². The first-order valence-electron chi connectivity index (χ1n) is 7.87. The van der Waals surface area contributed by atoms with Crippen LogP contribution in [0.4, 0.5) is 5.69 Å². The molecule has 8 heteroatoms. The molecule has 1 heterocycles. The maximum atomic E-state index is 11.3. The SMILES string of the molecule is COc1cc(C#N)c(N=C(SC)N2CCC(C(N)=O)CC2)cc1OC. The van der Waals surface area contributed by atoms with E-state index in [1.807, 2.05) is 6.26 Å². The normalized spacial score (nSPS) is 15.6. The molecule has 25 heavy (non-hydrogen) atoms. The highest BCUT2D eigenvalue weighted by Crippen LogP contribution is 2.35. The van der Waals surface area contributed by atoms with Crippen molar-refractivity contribution in [3.05, 3.63) is 17.7 Å². The molecule has 0 bridgehead atoms. The molecule has 0 aliphatic carbocycles. The molecule has 1 aliphatic rings. The molecular weight excluding hydrogens is 340 g/mol. The van der Waals surface area contributed by atoms with E-state index >= 15 is 0 Å². The van der Waals surface area contributed by atoms with Crippen LogP contribution >= 0.6 is 11.8 Å². The molecule has 1 amide bonds. The van der Waals surface area contributed by atoms with E-state index in [4.69, 9.17) is 15.2 Å². The lowest BCUT2D eigenvalue weighted by atomic mass is 9.97. The van der Waals surface area contributed by atoms with Crippen LogP contribution in [-0.4, -0.2) is 49.5 Å². The molecule has 2 N–H and O–H groups in total. The summed E-state index contributed by atoms with van der Waals surface area (Å²) in [5.74, 6) is 0.697. The number of likely N-dealkylation sites (tertiary alicyclic amines) is 1. The molecule has 1 saturated heterocycles. The highest BCUT2D eigenvalue weighted by atomic mass is 32.2. The second-order valence-corrected chi connectivity index (χ2v) is 6.37. The molecule has 134 valence electrons. The number of aliphatic imine (C=N–C) groups is 1. The molecule has 0 radical (unpaired) electrons. The number of amidine groups is 1. The fourth-order valence-electron chi connectivity index (χ4n) is 2.75. The number of carbonyl (C=O) groups excluding carboxylic acids is 1. The minimum absolute atomic E-state index is 0.0740. The summed E-state index contributed by atoms with van der Waals surface area (Å²) >= 11 is 1.50. The third-order valence-electron chi connectivity index (χ3n) is 4.19. The summed E-state index contributed by atoms with van der Waals surface area (Å²) in [7, 11) is 3.07. The fourth-order valence-corrected chi connectivity index (χ4v) is 3.38. The minimum atomic E-state index is -0.242. The zero-order valence-electron chi connectivity index (χ0n) is 14.6. The van der Waals surface area contributed by atoms with Crippen LogP contribution < -0.4 is 15.2 Å². The van der Waals surface area contributed by atoms with Crippen molar-refractivity contribution in [3.8, 4) is 17.6 Å². The van der Waals surface area contributed by atoms with Crippen LogP contribution in [0, 0.1) is 17.2 Å². The average Bonchev–Trinajstić information content (AvgIpc) is 2.65. The van der Waals surface area contributed by atoms with Crippen molar-refractivity contribution >= 4 is 28.5 Å². The molecular formula is C17H22N4O3S. The summed E-state index contributed by atoms with van der Waals surface area (Å²) in [6, 6.07) is 5.46. The molecule has 1 fully saturated rings. The summed E-state index contributed by atoms with van der Waals surface area (Å²) in [4.78, 5) is 18.1. The van der Waals surface area contributed by atoms with Crippen LogP contribution in [0.5, 0.6) is 11.5 Å². The van der Waals surface area contributed by atoms with Crippen molar-refractivity contribution in [2.24, 2.45) is 16.6 Å². The summed E-state index contributed by atoms with van der Waals surface area (Å²) in [6.07, 6.45) is 3.36. The van der Waals surface area contributed by atoms with Gasteiger partial charge < -0.3 is 20.1 Å². The molecule has 1 aromatic rings. The van der Waals surface area contributed by atoms with Crippen LogP contribution in [0.2, 0.25) is 0 Å². The predicted molar refractivity (Wildman–Crippen MR) is 98.4 cm³/mol. The van der Waals surface area contributed by atoms with E-state index < -0.39 is 0 Å². The second-order valence-electron chi connectivity index (χ2n) is 5.60. The number of piperidine rings is 1. The third-order valence-corrected chi connectivity index (χ3v) is 4.90. The lowest BCUT2D eigenvalue weighted by molar-refractivity contribution is -0.122. The number of methoxy groups -OCH3 is 2. The Morgan fingerprint density at radius 3 is 2.40 bits per heavy atom. The number of benzene rings is 1. The van der Waals surface area contributed by atoms with Crippen LogP contribution in [0.15, 0.2) is 17.1 Å². The molecule has 1 aliphatic heterocycles. The number of primary amides is 1. The van der Waals surface area contributed by atoms with Gasteiger partial charge in [-0.3, -0.25) is 4.79 Å². The van der Waals surface area contributed by atoms with E-state index in [2.05, 4.69) is 16.0 Å². The summed E-state index contributed by atoms with van der Waals surface area (Å²) in [6.45, 7) is 1.42. The van der Waals surface area contributed by atoms with Gasteiger partial charge in [0.2, 0.25) is 5.91 Å². The summed E-state index contributed by atoms with van der Waals surface area (Å²) in [5.41, 5.74) is 6.33. The van der Waals surface area contributed by atoms with Crippen molar-refractivity contribution in [2.75, 3.05) is 33.6 Å². The average molecular weight is 362 g/mol. The molecule has 1 aromatic carbocycles. The summed E-state index contributed by atoms with van der Waals surface area (Å²) < 4.78 is 10.5. The van der Waals surface area contributed by atoms with Gasteiger partial charge in [0, 0.05) is 31.1 Å². The van der Waals surface area contributed by atoms with Gasteiger partial charge in [0.25, 0.3) is 0 Å². The summed E-state index contributed by atoms with van der Waals surface area (Å²) in [5, 5.41) is 10.2. The van der Waals surface area contributed by atoms with E-state index in [1.54, 1.807) is 19.2 Å². The van der Waals surface area contributed by atoms with Gasteiger partial charge in [0.15, 0.2) is 16.7 Å². The highest BCUT2D eigenvalue weighted by molar-refractivity contribution is 8.13. The Balaban J connectivity index is 2.30. The zero-order valence-corrected chi connectivity index (χ0v) is 15.4. The zero-order chi connectivity index (χ0) is 18.4. The Bertz CT molecular complexity index is 707. The Hall–Kier alpha value is -2.40. The van der Waals surface area contributed by atoms with Crippen LogP contribution in [0.3, 0.4) is 0 Å². The smallest absolute Gasteiger partial charge is 0.220 e. The number of nitrogens with zero attached hydrogens (tertiary/aromatic N) is 3. The van der Waals surface area contributed by atoms with Gasteiger partial charge in [-0.25, -0.2) is 4.99 Å². The molecule has 0 spiro atoms. The Labute approximate surface area is 151 Å². The first-order chi connectivity index (χ1) is 12.0. The number of hydrogen-bond donors (Lipinski definition) is 1. The Kier molecular flexibility index (Phi) is 6.53. The highest BCUT2D eigenvalue weighted by Gasteiger charge is 2.25. The van der Waals surface area contributed by atoms with Crippen molar-refractivity contribution < 1.29 is 14.3 Å². The number of hydrogen-bond acceptors (Lipinski definition) is 6. The van der Waals surface area contributed by atoms with E-state index in [0.717, 1.165) is 5.17 Å². The lowest BCUT2D eigenvalue weighted by Gasteiger charge is -2.32. The van der Waals surface area contributed by atoms with E-state index in [9.17, 15) is 10.1 Å². The largest absolute Gasteiger partial charge is 0.493 e. The van der Waals surface area contributed by atoms with E-state index in [0.29, 0.717) is 48.7 Å². The van der Waals surface area contributed by atoms with Gasteiger partial charge in [-0.15, -0.1) is 0 Å². The second kappa shape index (κ2) is 8.62. The minimum Gasteiger partial charge on any atom is -0.493 e. The number of nitrogens with two attached hydrogens (primary N) is 1. The van der Waals surface area contributed by atoms with Gasteiger partial charge >= 0.3 is 0 Å². The quantitative estimate of drug-likeness (QED) is 0.650. The van der Waals surface area contributed by atoms with Gasteiger partial charge in [-0.1, -0.05) is 11.8 Å². The molecule has 2 rings (SSSR count). The fraction of sp³-hybridized carbons (Fsp3) is 0.471. The molecule has 0 atom stereocenters. The van der Waals surface area contributed by atoms with E-state index in [-0.39, 0.29) is 11.8 Å². The maximum absolute atomic E-state index is 11.3. The first kappa shape index (κ1) is 18.9. The lowest BCUT2D eigenvalue weighted by Crippen LogP contribution is -2.40. The third kappa shape index (κ3) is 4.37. The van der Waals surface area contributed by atoms with Gasteiger partial charge in [0.1, 0.15) is 6.07 Å². The molecule has 0 unspecified atom stereocenters. The number of carbonyl (C=O) groups is 1. The maximum Gasteiger partial charge on any atom is 0.220 e. The monoisotopic (exact) mass is 362 g/mol. The van der Waals surface area contributed by atoms with Gasteiger partial charge in [0.05, 0.1) is 25.5 Å². The van der Waals surface area contributed by atoms with Crippen LogP contribution in [0.1, 0.15) is 18.4 Å². The van der Waals surface area contributed by atoms with Crippen LogP contribution in [-0.2, 0) is 4.79 Å². The van der Waals surface area contributed by atoms with E-state index in [1.165, 1.54) is 18.9 Å². The van der Waals surface area contributed by atoms with Crippen molar-refractivity contribution in [3.63, 3.8) is 0 Å². The predicted octanol–water partition coefficient (Wildman–Crippen LogP) is 2.12. The molecule has 7 nitrogen and oxygen atoms in total. The topological polar surface area (TPSA) is 101 Å². The van der Waals surface area contributed by atoms with Crippen molar-refractivity contribution in [1.82, 2.24) is 4.90 Å². The number of rotatable bonds is 4.